The number of aromatic nitrogens is 1. The first-order valence-corrected chi connectivity index (χ1v) is 10.4. The standard InChI is InChI=1S/C28H21NO3/c1-19-28(25(30)15-12-21-13-16-26-27(17-21)32-18-31-26)23(14-11-20-7-3-2-4-8-20)22-9-5-6-10-24(22)29-19/h2-17H,18H2,1H3/b14-11+,15-12+. The van der Waals surface area contributed by atoms with Crippen LogP contribution in [-0.4, -0.2) is 17.6 Å². The lowest BCUT2D eigenvalue weighted by Crippen LogP contribution is -2.05. The van der Waals surface area contributed by atoms with Crippen molar-refractivity contribution in [3.05, 3.63) is 107 Å². The van der Waals surface area contributed by atoms with E-state index >= 15 is 0 Å². The van der Waals surface area contributed by atoms with E-state index in [0.29, 0.717) is 17.0 Å². The summed E-state index contributed by atoms with van der Waals surface area (Å²) in [5.74, 6) is 1.32. The van der Waals surface area contributed by atoms with Crippen LogP contribution in [0.5, 0.6) is 11.5 Å². The minimum atomic E-state index is -0.0915. The summed E-state index contributed by atoms with van der Waals surface area (Å²) in [5.41, 5.74) is 4.99. The monoisotopic (exact) mass is 419 g/mol. The van der Waals surface area contributed by atoms with E-state index in [1.165, 1.54) is 0 Å². The number of benzene rings is 3. The van der Waals surface area contributed by atoms with Crippen molar-refractivity contribution in [3.8, 4) is 11.5 Å². The van der Waals surface area contributed by atoms with Crippen molar-refractivity contribution in [2.45, 2.75) is 6.92 Å². The van der Waals surface area contributed by atoms with Gasteiger partial charge in [-0.25, -0.2) is 0 Å². The first-order valence-electron chi connectivity index (χ1n) is 10.4. The molecule has 0 radical (unpaired) electrons. The molecular formula is C28H21NO3. The molecule has 0 aliphatic carbocycles. The zero-order chi connectivity index (χ0) is 21.9. The maximum atomic E-state index is 13.3. The third-order valence-electron chi connectivity index (χ3n) is 5.43. The van der Waals surface area contributed by atoms with Crippen molar-refractivity contribution in [2.75, 3.05) is 6.79 Å². The third-order valence-corrected chi connectivity index (χ3v) is 5.43. The summed E-state index contributed by atoms with van der Waals surface area (Å²) in [6.07, 6.45) is 7.42. The van der Waals surface area contributed by atoms with E-state index in [2.05, 4.69) is 4.98 Å². The molecule has 156 valence electrons. The molecule has 4 nitrogen and oxygen atoms in total. The number of fused-ring (bicyclic) bond motifs is 2. The van der Waals surface area contributed by atoms with Gasteiger partial charge in [-0.3, -0.25) is 9.78 Å². The Labute approximate surface area is 186 Å². The van der Waals surface area contributed by atoms with Gasteiger partial charge in [0.2, 0.25) is 6.79 Å². The van der Waals surface area contributed by atoms with E-state index in [0.717, 1.165) is 33.3 Å². The van der Waals surface area contributed by atoms with Crippen LogP contribution in [0.3, 0.4) is 0 Å². The SMILES string of the molecule is Cc1nc2ccccc2c(/C=C/c2ccccc2)c1C(=O)/C=C/c1ccc2c(c1)OCO2. The lowest BCUT2D eigenvalue weighted by atomic mass is 9.96. The first-order chi connectivity index (χ1) is 15.7. The number of allylic oxidation sites excluding steroid dienone is 1. The Morgan fingerprint density at radius 2 is 1.62 bits per heavy atom. The average Bonchev–Trinajstić information content (AvgIpc) is 3.29. The number of carbonyl (C=O) groups excluding carboxylic acids is 1. The van der Waals surface area contributed by atoms with E-state index in [1.807, 2.05) is 91.9 Å². The average molecular weight is 419 g/mol. The van der Waals surface area contributed by atoms with Gasteiger partial charge in [-0.15, -0.1) is 0 Å². The second-order valence-corrected chi connectivity index (χ2v) is 7.56. The molecule has 0 saturated carbocycles. The van der Waals surface area contributed by atoms with Gasteiger partial charge in [0.25, 0.3) is 0 Å². The molecule has 5 rings (SSSR count). The normalized spacial score (nSPS) is 12.8. The number of hydrogen-bond donors (Lipinski definition) is 0. The maximum absolute atomic E-state index is 13.3. The number of para-hydroxylation sites is 1. The molecule has 2 heterocycles. The molecule has 0 saturated heterocycles. The van der Waals surface area contributed by atoms with Gasteiger partial charge in [0.15, 0.2) is 17.3 Å². The minimum Gasteiger partial charge on any atom is -0.454 e. The van der Waals surface area contributed by atoms with E-state index < -0.39 is 0 Å². The zero-order valence-electron chi connectivity index (χ0n) is 17.6. The van der Waals surface area contributed by atoms with Crippen LogP contribution in [-0.2, 0) is 0 Å². The highest BCUT2D eigenvalue weighted by Crippen LogP contribution is 2.33. The highest BCUT2D eigenvalue weighted by Gasteiger charge is 2.16. The number of ketones is 1. The predicted molar refractivity (Wildman–Crippen MR) is 128 cm³/mol. The third kappa shape index (κ3) is 3.91. The van der Waals surface area contributed by atoms with E-state index in [1.54, 1.807) is 12.2 Å². The molecule has 0 amide bonds. The fourth-order valence-corrected chi connectivity index (χ4v) is 3.86. The van der Waals surface area contributed by atoms with Crippen molar-refractivity contribution < 1.29 is 14.3 Å². The van der Waals surface area contributed by atoms with Gasteiger partial charge in [0.05, 0.1) is 11.1 Å². The smallest absolute Gasteiger partial charge is 0.231 e. The van der Waals surface area contributed by atoms with Gasteiger partial charge >= 0.3 is 0 Å². The number of carbonyl (C=O) groups is 1. The summed E-state index contributed by atoms with van der Waals surface area (Å²) in [7, 11) is 0. The molecule has 32 heavy (non-hydrogen) atoms. The lowest BCUT2D eigenvalue weighted by Gasteiger charge is -2.11. The summed E-state index contributed by atoms with van der Waals surface area (Å²) in [6, 6.07) is 23.6. The molecule has 4 heteroatoms. The largest absolute Gasteiger partial charge is 0.454 e. The Bertz CT molecular complexity index is 1370. The fraction of sp³-hybridized carbons (Fsp3) is 0.0714. The zero-order valence-corrected chi connectivity index (χ0v) is 17.6. The van der Waals surface area contributed by atoms with Crippen molar-refractivity contribution in [3.63, 3.8) is 0 Å². The van der Waals surface area contributed by atoms with Crippen molar-refractivity contribution in [2.24, 2.45) is 0 Å². The van der Waals surface area contributed by atoms with Crippen molar-refractivity contribution in [1.29, 1.82) is 0 Å². The molecule has 1 aliphatic rings. The molecule has 0 unspecified atom stereocenters. The number of aryl methyl sites for hydroxylation is 1. The molecule has 4 aromatic rings. The van der Waals surface area contributed by atoms with Crippen LogP contribution >= 0.6 is 0 Å². The molecule has 0 spiro atoms. The second kappa shape index (κ2) is 8.52. The number of ether oxygens (including phenoxy) is 2. The van der Waals surface area contributed by atoms with Crippen LogP contribution in [0.15, 0.2) is 78.9 Å². The van der Waals surface area contributed by atoms with Crippen LogP contribution < -0.4 is 9.47 Å². The number of rotatable bonds is 5. The van der Waals surface area contributed by atoms with Crippen molar-refractivity contribution in [1.82, 2.24) is 4.98 Å². The highest BCUT2D eigenvalue weighted by molar-refractivity contribution is 6.13. The summed E-state index contributed by atoms with van der Waals surface area (Å²) >= 11 is 0. The molecule has 1 aromatic heterocycles. The summed E-state index contributed by atoms with van der Waals surface area (Å²) < 4.78 is 10.8. The quantitative estimate of drug-likeness (QED) is 0.280. The first kappa shape index (κ1) is 19.8. The summed E-state index contributed by atoms with van der Waals surface area (Å²) in [5, 5.41) is 0.949. The van der Waals surface area contributed by atoms with E-state index in [9.17, 15) is 4.79 Å². The van der Waals surface area contributed by atoms with Crippen LogP contribution in [0.25, 0.3) is 29.1 Å². The van der Waals surface area contributed by atoms with Gasteiger partial charge in [0, 0.05) is 11.1 Å². The van der Waals surface area contributed by atoms with Crippen molar-refractivity contribution >= 4 is 34.9 Å². The van der Waals surface area contributed by atoms with Crippen LogP contribution in [0.2, 0.25) is 0 Å². The Morgan fingerprint density at radius 3 is 2.50 bits per heavy atom. The Balaban J connectivity index is 1.55. The van der Waals surface area contributed by atoms with Crippen LogP contribution in [0.4, 0.5) is 0 Å². The number of pyridine rings is 1. The van der Waals surface area contributed by atoms with Crippen LogP contribution in [0.1, 0.15) is 32.7 Å². The van der Waals surface area contributed by atoms with Gasteiger partial charge in [0.1, 0.15) is 0 Å². The van der Waals surface area contributed by atoms with Crippen LogP contribution in [0, 0.1) is 6.92 Å². The fourth-order valence-electron chi connectivity index (χ4n) is 3.86. The molecular weight excluding hydrogens is 398 g/mol. The summed E-state index contributed by atoms with van der Waals surface area (Å²) in [6.45, 7) is 2.11. The van der Waals surface area contributed by atoms with Gasteiger partial charge in [-0.2, -0.15) is 0 Å². The Kier molecular flexibility index (Phi) is 5.26. The predicted octanol–water partition coefficient (Wildman–Crippen LogP) is 6.34. The van der Waals surface area contributed by atoms with Gasteiger partial charge in [-0.1, -0.05) is 72.8 Å². The van der Waals surface area contributed by atoms with E-state index in [-0.39, 0.29) is 12.6 Å². The Morgan fingerprint density at radius 1 is 0.844 bits per heavy atom. The maximum Gasteiger partial charge on any atom is 0.231 e. The molecule has 1 aliphatic heterocycles. The second-order valence-electron chi connectivity index (χ2n) is 7.56. The van der Waals surface area contributed by atoms with Gasteiger partial charge in [-0.05, 0) is 47.9 Å². The minimum absolute atomic E-state index is 0.0915. The summed E-state index contributed by atoms with van der Waals surface area (Å²) in [4.78, 5) is 18.0. The topological polar surface area (TPSA) is 48.4 Å². The molecule has 0 N–H and O–H groups in total. The lowest BCUT2D eigenvalue weighted by molar-refractivity contribution is 0.104. The highest BCUT2D eigenvalue weighted by atomic mass is 16.7. The molecule has 0 bridgehead atoms. The number of nitrogens with zero attached hydrogens (tertiary/aromatic N) is 1. The number of hydrogen-bond acceptors (Lipinski definition) is 4. The van der Waals surface area contributed by atoms with Gasteiger partial charge < -0.3 is 9.47 Å². The Hall–Kier alpha value is -4.18. The van der Waals surface area contributed by atoms with E-state index in [4.69, 9.17) is 9.47 Å². The molecule has 3 aromatic carbocycles. The molecule has 0 fully saturated rings. The molecule has 0 atom stereocenters.